The fraction of sp³-hybridized carbons (Fsp3) is 0.273. The van der Waals surface area contributed by atoms with Gasteiger partial charge >= 0.3 is 0 Å². The van der Waals surface area contributed by atoms with Crippen LogP contribution in [0.1, 0.15) is 22.5 Å². The van der Waals surface area contributed by atoms with Gasteiger partial charge in [-0.15, -0.1) is 0 Å². The highest BCUT2D eigenvalue weighted by Crippen LogP contribution is 2.26. The molecule has 0 bridgehead atoms. The predicted octanol–water partition coefficient (Wildman–Crippen LogP) is 3.37. The van der Waals surface area contributed by atoms with Crippen LogP contribution in [0.5, 0.6) is 11.5 Å². The Labute approximate surface area is 164 Å². The molecule has 0 saturated heterocycles. The van der Waals surface area contributed by atoms with Gasteiger partial charge in [-0.2, -0.15) is 0 Å². The molecule has 6 heteroatoms. The Kier molecular flexibility index (Phi) is 5.92. The summed E-state index contributed by atoms with van der Waals surface area (Å²) >= 11 is 0. The van der Waals surface area contributed by atoms with Gasteiger partial charge in [-0.25, -0.2) is 0 Å². The van der Waals surface area contributed by atoms with Crippen molar-refractivity contribution in [1.82, 2.24) is 9.97 Å². The minimum Gasteiger partial charge on any atom is -0.508 e. The van der Waals surface area contributed by atoms with Gasteiger partial charge in [0, 0.05) is 33.2 Å². The number of rotatable bonds is 4. The van der Waals surface area contributed by atoms with Crippen molar-refractivity contribution in [2.45, 2.75) is 26.7 Å². The highest BCUT2D eigenvalue weighted by Gasteiger charge is 2.08. The Balaban J connectivity index is 0.000000161. The molecule has 4 aromatic rings. The number of aromatic hydroxyl groups is 2. The zero-order valence-corrected chi connectivity index (χ0v) is 16.3. The van der Waals surface area contributed by atoms with Crippen LogP contribution in [0.4, 0.5) is 0 Å². The molecule has 0 saturated carbocycles. The van der Waals surface area contributed by atoms with Gasteiger partial charge in [0.2, 0.25) is 0 Å². The van der Waals surface area contributed by atoms with Crippen molar-refractivity contribution in [3.63, 3.8) is 0 Å². The SMILES string of the molecule is Cc1[nH]c2ccc(O)cc2c1CCN.Cc1[nH]c2ccc(O)cc2c1CCN. The van der Waals surface area contributed by atoms with Gasteiger partial charge in [0.05, 0.1) is 0 Å². The third kappa shape index (κ3) is 3.98. The first-order valence-electron chi connectivity index (χ1n) is 9.45. The maximum atomic E-state index is 9.39. The zero-order chi connectivity index (χ0) is 20.3. The van der Waals surface area contributed by atoms with E-state index >= 15 is 0 Å². The number of phenols is 2. The molecule has 2 aromatic carbocycles. The molecule has 8 N–H and O–H groups in total. The molecule has 4 rings (SSSR count). The summed E-state index contributed by atoms with van der Waals surface area (Å²) in [6.45, 7) is 5.32. The summed E-state index contributed by atoms with van der Waals surface area (Å²) in [5.74, 6) is 0.601. The summed E-state index contributed by atoms with van der Waals surface area (Å²) in [6, 6.07) is 10.7. The Bertz CT molecular complexity index is 1010. The molecule has 28 heavy (non-hydrogen) atoms. The second-order valence-electron chi connectivity index (χ2n) is 6.99. The molecule has 2 heterocycles. The third-order valence-electron chi connectivity index (χ3n) is 4.99. The number of nitrogens with one attached hydrogen (secondary N) is 2. The predicted molar refractivity (Wildman–Crippen MR) is 115 cm³/mol. The number of nitrogens with two attached hydrogens (primary N) is 2. The summed E-state index contributed by atoms with van der Waals surface area (Å²) in [5, 5.41) is 20.9. The molecule has 0 radical (unpaired) electrons. The average Bonchev–Trinajstić information content (AvgIpc) is 3.13. The number of fused-ring (bicyclic) bond motifs is 2. The molecule has 0 amide bonds. The second-order valence-corrected chi connectivity index (χ2v) is 6.99. The maximum Gasteiger partial charge on any atom is 0.116 e. The lowest BCUT2D eigenvalue weighted by molar-refractivity contribution is 0.475. The van der Waals surface area contributed by atoms with Gasteiger partial charge in [-0.3, -0.25) is 0 Å². The Morgan fingerprint density at radius 1 is 0.714 bits per heavy atom. The van der Waals surface area contributed by atoms with E-state index < -0.39 is 0 Å². The molecule has 0 fully saturated rings. The Morgan fingerprint density at radius 2 is 1.11 bits per heavy atom. The molecule has 6 nitrogen and oxygen atoms in total. The monoisotopic (exact) mass is 380 g/mol. The number of hydrogen-bond acceptors (Lipinski definition) is 4. The highest BCUT2D eigenvalue weighted by molar-refractivity contribution is 5.86. The highest BCUT2D eigenvalue weighted by atomic mass is 16.3. The normalized spacial score (nSPS) is 11.0. The van der Waals surface area contributed by atoms with Crippen molar-refractivity contribution in [2.24, 2.45) is 11.5 Å². The van der Waals surface area contributed by atoms with Gasteiger partial charge in [0.25, 0.3) is 0 Å². The molecule has 0 aliphatic rings. The van der Waals surface area contributed by atoms with Crippen molar-refractivity contribution < 1.29 is 10.2 Å². The van der Waals surface area contributed by atoms with E-state index in [1.54, 1.807) is 24.3 Å². The number of aromatic nitrogens is 2. The fourth-order valence-electron chi connectivity index (χ4n) is 3.67. The molecule has 2 aromatic heterocycles. The largest absolute Gasteiger partial charge is 0.508 e. The minimum absolute atomic E-state index is 0.301. The molecular formula is C22H28N4O2. The van der Waals surface area contributed by atoms with Gasteiger partial charge in [0.1, 0.15) is 11.5 Å². The zero-order valence-electron chi connectivity index (χ0n) is 16.3. The second kappa shape index (κ2) is 8.37. The van der Waals surface area contributed by atoms with Crippen LogP contribution in [-0.4, -0.2) is 33.3 Å². The van der Waals surface area contributed by atoms with E-state index in [9.17, 15) is 10.2 Å². The van der Waals surface area contributed by atoms with E-state index in [1.807, 2.05) is 26.0 Å². The first-order valence-corrected chi connectivity index (χ1v) is 9.45. The Hall–Kier alpha value is -2.96. The maximum absolute atomic E-state index is 9.39. The Morgan fingerprint density at radius 3 is 1.46 bits per heavy atom. The standard InChI is InChI=1S/2C11H14N2O/c2*1-7-9(4-5-12)10-6-8(14)2-3-11(10)13-7/h2*2-3,6,13-14H,4-5,12H2,1H3. The average molecular weight is 380 g/mol. The topological polar surface area (TPSA) is 124 Å². The van der Waals surface area contributed by atoms with Gasteiger partial charge in [-0.05, 0) is 87.3 Å². The third-order valence-corrected chi connectivity index (χ3v) is 4.99. The molecule has 0 unspecified atom stereocenters. The van der Waals surface area contributed by atoms with Crippen LogP contribution >= 0.6 is 0 Å². The van der Waals surface area contributed by atoms with E-state index in [1.165, 1.54) is 11.1 Å². The number of hydrogen-bond donors (Lipinski definition) is 6. The van der Waals surface area contributed by atoms with Crippen molar-refractivity contribution in [1.29, 1.82) is 0 Å². The molecular weight excluding hydrogens is 352 g/mol. The van der Waals surface area contributed by atoms with Crippen LogP contribution < -0.4 is 11.5 Å². The molecule has 0 spiro atoms. The molecule has 148 valence electrons. The quantitative estimate of drug-likeness (QED) is 0.325. The van der Waals surface area contributed by atoms with Crippen LogP contribution in [-0.2, 0) is 12.8 Å². The van der Waals surface area contributed by atoms with Crippen molar-refractivity contribution in [3.8, 4) is 11.5 Å². The van der Waals surface area contributed by atoms with E-state index in [2.05, 4.69) is 9.97 Å². The van der Waals surface area contributed by atoms with E-state index in [0.29, 0.717) is 24.6 Å². The smallest absolute Gasteiger partial charge is 0.116 e. The van der Waals surface area contributed by atoms with Crippen molar-refractivity contribution >= 4 is 21.8 Å². The summed E-state index contributed by atoms with van der Waals surface area (Å²) in [4.78, 5) is 6.54. The summed E-state index contributed by atoms with van der Waals surface area (Å²) in [7, 11) is 0. The van der Waals surface area contributed by atoms with E-state index in [-0.39, 0.29) is 0 Å². The van der Waals surface area contributed by atoms with Gasteiger partial charge in [-0.1, -0.05) is 0 Å². The van der Waals surface area contributed by atoms with Crippen LogP contribution in [0.25, 0.3) is 21.8 Å². The van der Waals surface area contributed by atoms with Crippen LogP contribution in [0.3, 0.4) is 0 Å². The van der Waals surface area contributed by atoms with Gasteiger partial charge in [0.15, 0.2) is 0 Å². The van der Waals surface area contributed by atoms with E-state index in [4.69, 9.17) is 11.5 Å². The number of phenolic OH excluding ortho intramolecular Hbond substituents is 2. The summed E-state index contributed by atoms with van der Waals surface area (Å²) in [5.41, 5.74) is 17.9. The first kappa shape index (κ1) is 19.8. The summed E-state index contributed by atoms with van der Waals surface area (Å²) < 4.78 is 0. The van der Waals surface area contributed by atoms with E-state index in [0.717, 1.165) is 46.0 Å². The fourth-order valence-corrected chi connectivity index (χ4v) is 3.67. The van der Waals surface area contributed by atoms with Crippen molar-refractivity contribution in [2.75, 3.05) is 13.1 Å². The number of benzene rings is 2. The van der Waals surface area contributed by atoms with Crippen LogP contribution in [0.15, 0.2) is 36.4 Å². The van der Waals surface area contributed by atoms with Crippen LogP contribution in [0.2, 0.25) is 0 Å². The van der Waals surface area contributed by atoms with Crippen LogP contribution in [0, 0.1) is 13.8 Å². The number of aromatic amines is 2. The lowest BCUT2D eigenvalue weighted by atomic mass is 10.1. The lowest BCUT2D eigenvalue weighted by Gasteiger charge is -1.98. The molecule has 0 aliphatic carbocycles. The van der Waals surface area contributed by atoms with Crippen molar-refractivity contribution in [3.05, 3.63) is 58.9 Å². The van der Waals surface area contributed by atoms with Gasteiger partial charge < -0.3 is 31.6 Å². The number of aryl methyl sites for hydroxylation is 2. The number of H-pyrrole nitrogens is 2. The minimum atomic E-state index is 0.301. The first-order chi connectivity index (χ1) is 13.4. The molecule has 0 atom stereocenters. The molecule has 0 aliphatic heterocycles. The lowest BCUT2D eigenvalue weighted by Crippen LogP contribution is -2.03. The summed E-state index contributed by atoms with van der Waals surface area (Å²) in [6.07, 6.45) is 1.69.